The van der Waals surface area contributed by atoms with Gasteiger partial charge in [-0.15, -0.1) is 11.8 Å². The Morgan fingerprint density at radius 1 is 1.09 bits per heavy atom. The first-order valence-electron chi connectivity index (χ1n) is 10.9. The van der Waals surface area contributed by atoms with Gasteiger partial charge >= 0.3 is 0 Å². The third kappa shape index (κ3) is 5.25. The second-order valence-electron chi connectivity index (χ2n) is 8.45. The van der Waals surface area contributed by atoms with E-state index in [1.54, 1.807) is 18.0 Å². The molecule has 5 nitrogen and oxygen atoms in total. The van der Waals surface area contributed by atoms with Crippen LogP contribution in [0.5, 0.6) is 0 Å². The number of benzene rings is 2. The fourth-order valence-corrected chi connectivity index (χ4v) is 5.14. The molecule has 0 unspecified atom stereocenters. The largest absolute Gasteiger partial charge is 0.467 e. The number of rotatable bonds is 8. The Kier molecular flexibility index (Phi) is 7.00. The van der Waals surface area contributed by atoms with Crippen molar-refractivity contribution in [3.8, 4) is 0 Å². The van der Waals surface area contributed by atoms with Crippen molar-refractivity contribution in [2.45, 2.75) is 38.2 Å². The monoisotopic (exact) mass is 448 g/mol. The molecular weight excluding hydrogens is 420 g/mol. The topological polar surface area (TPSA) is 62.6 Å². The van der Waals surface area contributed by atoms with Gasteiger partial charge < -0.3 is 14.6 Å². The minimum Gasteiger partial charge on any atom is -0.467 e. The number of thioether (sulfide) groups is 1. The summed E-state index contributed by atoms with van der Waals surface area (Å²) in [5, 5.41) is 3.11. The van der Waals surface area contributed by atoms with Gasteiger partial charge in [0, 0.05) is 5.56 Å². The first kappa shape index (κ1) is 22.2. The van der Waals surface area contributed by atoms with Gasteiger partial charge in [0.05, 0.1) is 24.6 Å². The van der Waals surface area contributed by atoms with E-state index in [2.05, 4.69) is 31.3 Å². The number of nitrogens with zero attached hydrogens (tertiary/aromatic N) is 1. The Bertz CT molecular complexity index is 1030. The maximum Gasteiger partial charge on any atom is 0.251 e. The maximum atomic E-state index is 13.0. The smallest absolute Gasteiger partial charge is 0.251 e. The number of nitrogens with one attached hydrogen (secondary N) is 1. The van der Waals surface area contributed by atoms with Crippen LogP contribution in [0, 0.1) is 5.92 Å². The summed E-state index contributed by atoms with van der Waals surface area (Å²) in [6.45, 7) is 4.76. The van der Waals surface area contributed by atoms with E-state index in [0.29, 0.717) is 23.8 Å². The highest BCUT2D eigenvalue weighted by Gasteiger charge is 2.33. The van der Waals surface area contributed by atoms with Crippen LogP contribution in [0.2, 0.25) is 0 Å². The van der Waals surface area contributed by atoms with Crippen LogP contribution >= 0.6 is 11.8 Å². The molecule has 166 valence electrons. The van der Waals surface area contributed by atoms with Crippen molar-refractivity contribution in [2.24, 2.45) is 5.92 Å². The molecule has 1 fully saturated rings. The third-order valence-electron chi connectivity index (χ3n) is 5.55. The fraction of sp³-hybridized carbons (Fsp3) is 0.308. The van der Waals surface area contributed by atoms with E-state index in [9.17, 15) is 9.59 Å². The maximum absolute atomic E-state index is 13.0. The number of carbonyl (C=O) groups is 2. The van der Waals surface area contributed by atoms with E-state index in [1.165, 1.54) is 0 Å². The molecule has 0 bridgehead atoms. The molecule has 0 aliphatic carbocycles. The molecule has 0 radical (unpaired) electrons. The Morgan fingerprint density at radius 3 is 2.50 bits per heavy atom. The van der Waals surface area contributed by atoms with Crippen molar-refractivity contribution in [2.75, 3.05) is 5.75 Å². The molecular formula is C26H28N2O3S. The fourth-order valence-electron chi connectivity index (χ4n) is 3.95. The van der Waals surface area contributed by atoms with Gasteiger partial charge in [-0.1, -0.05) is 56.3 Å². The van der Waals surface area contributed by atoms with Crippen molar-refractivity contribution in [1.29, 1.82) is 0 Å². The highest BCUT2D eigenvalue weighted by Crippen LogP contribution is 2.39. The molecule has 6 heteroatoms. The molecule has 1 aliphatic rings. The molecule has 1 saturated heterocycles. The predicted molar refractivity (Wildman–Crippen MR) is 127 cm³/mol. The van der Waals surface area contributed by atoms with Crippen molar-refractivity contribution in [3.63, 3.8) is 0 Å². The molecule has 3 aromatic rings. The first-order valence-corrected chi connectivity index (χ1v) is 12.0. The normalized spacial score (nSPS) is 17.0. The van der Waals surface area contributed by atoms with Gasteiger partial charge in [0.25, 0.3) is 5.91 Å². The highest BCUT2D eigenvalue weighted by molar-refractivity contribution is 8.00. The van der Waals surface area contributed by atoms with E-state index in [4.69, 9.17) is 4.42 Å². The van der Waals surface area contributed by atoms with Gasteiger partial charge in [-0.05, 0) is 47.7 Å². The summed E-state index contributed by atoms with van der Waals surface area (Å²) in [5.74, 6) is 1.67. The summed E-state index contributed by atoms with van der Waals surface area (Å²) in [6, 6.07) is 21.3. The van der Waals surface area contributed by atoms with Gasteiger partial charge in [-0.25, -0.2) is 0 Å². The molecule has 2 heterocycles. The van der Waals surface area contributed by atoms with Crippen LogP contribution in [-0.4, -0.2) is 22.5 Å². The number of furan rings is 1. The van der Waals surface area contributed by atoms with E-state index in [-0.39, 0.29) is 23.2 Å². The van der Waals surface area contributed by atoms with Crippen LogP contribution in [0.1, 0.15) is 58.9 Å². The van der Waals surface area contributed by atoms with Crippen molar-refractivity contribution >= 4 is 23.6 Å². The molecule has 0 saturated carbocycles. The van der Waals surface area contributed by atoms with E-state index in [0.717, 1.165) is 23.3 Å². The summed E-state index contributed by atoms with van der Waals surface area (Å²) >= 11 is 1.60. The van der Waals surface area contributed by atoms with Crippen LogP contribution in [0.3, 0.4) is 0 Å². The number of amides is 2. The van der Waals surface area contributed by atoms with Crippen LogP contribution in [0.4, 0.5) is 0 Å². The second kappa shape index (κ2) is 10.1. The third-order valence-corrected chi connectivity index (χ3v) is 6.80. The molecule has 0 spiro atoms. The first-order chi connectivity index (χ1) is 15.5. The zero-order chi connectivity index (χ0) is 22.5. The lowest BCUT2D eigenvalue weighted by molar-refractivity contribution is -0.128. The molecule has 2 amide bonds. The standard InChI is InChI=1S/C26H28N2O3S/c1-18(2)15-23(19-7-4-3-5-8-19)27-25(30)20-10-12-21(13-11-20)26-28(24(29)17-32-26)16-22-9-6-14-31-22/h3-14,18,23,26H,15-17H2,1-2H3,(H,27,30)/t23-,26-/m0/s1. The zero-order valence-electron chi connectivity index (χ0n) is 18.4. The average molecular weight is 449 g/mol. The quantitative estimate of drug-likeness (QED) is 0.489. The lowest BCUT2D eigenvalue weighted by Crippen LogP contribution is -2.29. The lowest BCUT2D eigenvalue weighted by Gasteiger charge is -2.24. The molecule has 4 rings (SSSR count). The second-order valence-corrected chi connectivity index (χ2v) is 9.52. The van der Waals surface area contributed by atoms with Gasteiger partial charge in [0.2, 0.25) is 5.91 Å². The molecule has 2 aromatic carbocycles. The summed E-state index contributed by atoms with van der Waals surface area (Å²) in [6.07, 6.45) is 2.49. The Labute approximate surface area is 193 Å². The average Bonchev–Trinajstić information content (AvgIpc) is 3.44. The van der Waals surface area contributed by atoms with Crippen LogP contribution in [0.15, 0.2) is 77.4 Å². The molecule has 1 N–H and O–H groups in total. The van der Waals surface area contributed by atoms with Crippen molar-refractivity contribution in [1.82, 2.24) is 10.2 Å². The predicted octanol–water partition coefficient (Wildman–Crippen LogP) is 5.57. The summed E-state index contributed by atoms with van der Waals surface area (Å²) in [4.78, 5) is 27.2. The lowest BCUT2D eigenvalue weighted by atomic mass is 9.96. The SMILES string of the molecule is CC(C)C[C@H](NC(=O)c1ccc([C@@H]2SCC(=O)N2Cc2ccco2)cc1)c1ccccc1. The van der Waals surface area contributed by atoms with E-state index >= 15 is 0 Å². The number of hydrogen-bond donors (Lipinski definition) is 1. The number of carbonyl (C=O) groups excluding carboxylic acids is 2. The Hall–Kier alpha value is -2.99. The van der Waals surface area contributed by atoms with Gasteiger partial charge in [-0.3, -0.25) is 9.59 Å². The summed E-state index contributed by atoms with van der Waals surface area (Å²) in [5.41, 5.74) is 2.73. The highest BCUT2D eigenvalue weighted by atomic mass is 32.2. The Balaban J connectivity index is 1.46. The summed E-state index contributed by atoms with van der Waals surface area (Å²) in [7, 11) is 0. The van der Waals surface area contributed by atoms with E-state index in [1.807, 2.05) is 59.5 Å². The molecule has 2 atom stereocenters. The van der Waals surface area contributed by atoms with Gasteiger partial charge in [0.15, 0.2) is 0 Å². The van der Waals surface area contributed by atoms with Crippen LogP contribution in [0.25, 0.3) is 0 Å². The summed E-state index contributed by atoms with van der Waals surface area (Å²) < 4.78 is 5.42. The van der Waals surface area contributed by atoms with Gasteiger partial charge in [0.1, 0.15) is 11.1 Å². The number of hydrogen-bond acceptors (Lipinski definition) is 4. The zero-order valence-corrected chi connectivity index (χ0v) is 19.2. The molecule has 1 aliphatic heterocycles. The van der Waals surface area contributed by atoms with Crippen LogP contribution < -0.4 is 5.32 Å². The molecule has 32 heavy (non-hydrogen) atoms. The van der Waals surface area contributed by atoms with Crippen LogP contribution in [-0.2, 0) is 11.3 Å². The Morgan fingerprint density at radius 2 is 1.84 bits per heavy atom. The van der Waals surface area contributed by atoms with Gasteiger partial charge in [-0.2, -0.15) is 0 Å². The van der Waals surface area contributed by atoms with E-state index < -0.39 is 0 Å². The molecule has 1 aromatic heterocycles. The minimum absolute atomic E-state index is 0.0322. The van der Waals surface area contributed by atoms with Crippen molar-refractivity contribution in [3.05, 3.63) is 95.4 Å². The van der Waals surface area contributed by atoms with Crippen molar-refractivity contribution < 1.29 is 14.0 Å². The minimum atomic E-state index is -0.0892.